The Kier molecular flexibility index (Phi) is 3.78. The van der Waals surface area contributed by atoms with Crippen molar-refractivity contribution in [2.45, 2.75) is 31.1 Å². The van der Waals surface area contributed by atoms with Crippen molar-refractivity contribution in [2.24, 2.45) is 0 Å². The zero-order valence-corrected chi connectivity index (χ0v) is 11.8. The lowest BCUT2D eigenvalue weighted by Crippen LogP contribution is -2.30. The van der Waals surface area contributed by atoms with Gasteiger partial charge < -0.3 is 9.84 Å². The molecule has 1 aliphatic heterocycles. The fourth-order valence-electron chi connectivity index (χ4n) is 1.74. The van der Waals surface area contributed by atoms with Crippen LogP contribution in [0, 0.1) is 0 Å². The van der Waals surface area contributed by atoms with Crippen molar-refractivity contribution in [3.8, 4) is 5.75 Å². The zero-order valence-electron chi connectivity index (χ0n) is 10.3. The third-order valence-corrected chi connectivity index (χ3v) is 4.58. The summed E-state index contributed by atoms with van der Waals surface area (Å²) in [5.74, 6) is 0.718. The molecular weight excluding hydrogens is 272 g/mol. The minimum atomic E-state index is -0.800. The van der Waals surface area contributed by atoms with Crippen LogP contribution in [0.2, 0.25) is 5.02 Å². The van der Waals surface area contributed by atoms with Gasteiger partial charge in [0.25, 0.3) is 0 Å². The number of carboxylic acid groups (broad SMARTS) is 1. The lowest BCUT2D eigenvalue weighted by molar-refractivity contribution is -0.138. The lowest BCUT2D eigenvalue weighted by atomic mass is 10.1. The molecule has 0 fully saturated rings. The Hall–Kier alpha value is -0.870. The summed E-state index contributed by atoms with van der Waals surface area (Å²) in [6, 6.07) is 5.58. The molecule has 98 valence electrons. The van der Waals surface area contributed by atoms with E-state index in [0.29, 0.717) is 10.8 Å². The molecule has 1 atom stereocenters. The Balaban J connectivity index is 1.94. The van der Waals surface area contributed by atoms with Gasteiger partial charge in [0.15, 0.2) is 0 Å². The Morgan fingerprint density at radius 2 is 2.33 bits per heavy atom. The van der Waals surface area contributed by atoms with Crippen LogP contribution in [0.1, 0.15) is 19.4 Å². The second kappa shape index (κ2) is 5.02. The first kappa shape index (κ1) is 13.6. The van der Waals surface area contributed by atoms with E-state index in [4.69, 9.17) is 21.4 Å². The van der Waals surface area contributed by atoms with Crippen LogP contribution in [0.25, 0.3) is 0 Å². The van der Waals surface area contributed by atoms with Crippen LogP contribution >= 0.6 is 23.4 Å². The minimum Gasteiger partial charge on any atom is -0.489 e. The topological polar surface area (TPSA) is 46.5 Å². The van der Waals surface area contributed by atoms with E-state index >= 15 is 0 Å². The fourth-order valence-corrected chi connectivity index (χ4v) is 2.85. The van der Waals surface area contributed by atoms with Crippen molar-refractivity contribution < 1.29 is 14.6 Å². The maximum atomic E-state index is 11.0. The van der Waals surface area contributed by atoms with Gasteiger partial charge in [0.2, 0.25) is 0 Å². The lowest BCUT2D eigenvalue weighted by Gasteiger charge is -2.20. The summed E-state index contributed by atoms with van der Waals surface area (Å²) < 4.78 is 4.98. The molecule has 0 saturated carbocycles. The molecular formula is C13H15ClO3S. The first-order valence-electron chi connectivity index (χ1n) is 5.71. The van der Waals surface area contributed by atoms with E-state index in [0.717, 1.165) is 17.7 Å². The van der Waals surface area contributed by atoms with E-state index in [1.54, 1.807) is 19.9 Å². The molecule has 1 N–H and O–H groups in total. The molecule has 1 aromatic rings. The number of rotatable bonds is 4. The number of aliphatic carboxylic acids is 1. The molecule has 1 aliphatic rings. The summed E-state index contributed by atoms with van der Waals surface area (Å²) in [5.41, 5.74) is 1.10. The van der Waals surface area contributed by atoms with E-state index in [9.17, 15) is 4.79 Å². The van der Waals surface area contributed by atoms with Crippen molar-refractivity contribution in [1.29, 1.82) is 0 Å². The highest BCUT2D eigenvalue weighted by Gasteiger charge is 2.31. The quantitative estimate of drug-likeness (QED) is 0.923. The SMILES string of the molecule is CC(C)(SCC1Cc2cc(Cl)ccc2O1)C(=O)O. The predicted octanol–water partition coefficient (Wildman–Crippen LogP) is 3.24. The van der Waals surface area contributed by atoms with E-state index in [2.05, 4.69) is 0 Å². The Morgan fingerprint density at radius 1 is 1.61 bits per heavy atom. The summed E-state index contributed by atoms with van der Waals surface area (Å²) in [6.45, 7) is 3.41. The third kappa shape index (κ3) is 2.93. The van der Waals surface area contributed by atoms with Gasteiger partial charge in [-0.25, -0.2) is 0 Å². The molecule has 0 saturated heterocycles. The number of hydrogen-bond donors (Lipinski definition) is 1. The zero-order chi connectivity index (χ0) is 13.3. The maximum absolute atomic E-state index is 11.0. The molecule has 0 spiro atoms. The Bertz CT molecular complexity index is 473. The number of hydrogen-bond acceptors (Lipinski definition) is 3. The molecule has 0 amide bonds. The standard InChI is InChI=1S/C13H15ClO3S/c1-13(2,12(15)16)18-7-10-6-8-5-9(14)3-4-11(8)17-10/h3-5,10H,6-7H2,1-2H3,(H,15,16). The van der Waals surface area contributed by atoms with Crippen LogP contribution in [-0.2, 0) is 11.2 Å². The number of ether oxygens (including phenoxy) is 1. The van der Waals surface area contributed by atoms with Crippen LogP contribution in [0.5, 0.6) is 5.75 Å². The average molecular weight is 287 g/mol. The summed E-state index contributed by atoms with van der Waals surface area (Å²) in [5, 5.41) is 9.75. The van der Waals surface area contributed by atoms with Crippen LogP contribution in [-0.4, -0.2) is 27.7 Å². The second-order valence-corrected chi connectivity index (χ2v) is 6.90. The Labute approximate surface area is 115 Å². The molecule has 2 rings (SSSR count). The van der Waals surface area contributed by atoms with E-state index in [-0.39, 0.29) is 6.10 Å². The molecule has 1 aromatic carbocycles. The molecule has 18 heavy (non-hydrogen) atoms. The second-order valence-electron chi connectivity index (χ2n) is 4.82. The van der Waals surface area contributed by atoms with Gasteiger partial charge in [0.1, 0.15) is 16.6 Å². The van der Waals surface area contributed by atoms with Crippen molar-refractivity contribution in [2.75, 3.05) is 5.75 Å². The first-order valence-corrected chi connectivity index (χ1v) is 7.07. The number of benzene rings is 1. The van der Waals surface area contributed by atoms with Crippen LogP contribution in [0.3, 0.4) is 0 Å². The van der Waals surface area contributed by atoms with Gasteiger partial charge in [-0.2, -0.15) is 0 Å². The number of halogens is 1. The summed E-state index contributed by atoms with van der Waals surface area (Å²) >= 11 is 7.33. The number of carbonyl (C=O) groups is 1. The van der Waals surface area contributed by atoms with Crippen molar-refractivity contribution >= 4 is 29.3 Å². The molecule has 3 nitrogen and oxygen atoms in total. The van der Waals surface area contributed by atoms with E-state index < -0.39 is 10.7 Å². The summed E-state index contributed by atoms with van der Waals surface area (Å²) in [6.07, 6.45) is 0.820. The largest absolute Gasteiger partial charge is 0.489 e. The minimum absolute atomic E-state index is 0.0297. The smallest absolute Gasteiger partial charge is 0.319 e. The van der Waals surface area contributed by atoms with Gasteiger partial charge in [-0.15, -0.1) is 11.8 Å². The molecule has 1 heterocycles. The Morgan fingerprint density at radius 3 is 3.00 bits per heavy atom. The van der Waals surface area contributed by atoms with Crippen LogP contribution in [0.4, 0.5) is 0 Å². The van der Waals surface area contributed by atoms with Crippen LogP contribution < -0.4 is 4.74 Å². The van der Waals surface area contributed by atoms with E-state index in [1.165, 1.54) is 11.8 Å². The summed E-state index contributed by atoms with van der Waals surface area (Å²) in [7, 11) is 0. The van der Waals surface area contributed by atoms with Gasteiger partial charge in [0.05, 0.1) is 0 Å². The summed E-state index contributed by atoms with van der Waals surface area (Å²) in [4.78, 5) is 11.0. The average Bonchev–Trinajstić information content (AvgIpc) is 2.68. The predicted molar refractivity (Wildman–Crippen MR) is 73.7 cm³/mol. The molecule has 0 aromatic heterocycles. The van der Waals surface area contributed by atoms with E-state index in [1.807, 2.05) is 12.1 Å². The maximum Gasteiger partial charge on any atom is 0.319 e. The normalized spacial score (nSPS) is 18.3. The molecule has 0 radical (unpaired) electrons. The van der Waals surface area contributed by atoms with Gasteiger partial charge >= 0.3 is 5.97 Å². The molecule has 1 unspecified atom stereocenters. The molecule has 5 heteroatoms. The highest BCUT2D eigenvalue weighted by molar-refractivity contribution is 8.01. The molecule has 0 aliphatic carbocycles. The van der Waals surface area contributed by atoms with Gasteiger partial charge in [0, 0.05) is 17.2 Å². The van der Waals surface area contributed by atoms with Crippen molar-refractivity contribution in [3.05, 3.63) is 28.8 Å². The van der Waals surface area contributed by atoms with Gasteiger partial charge in [-0.1, -0.05) is 11.6 Å². The van der Waals surface area contributed by atoms with Gasteiger partial charge in [-0.05, 0) is 37.6 Å². The monoisotopic (exact) mass is 286 g/mol. The third-order valence-electron chi connectivity index (χ3n) is 2.91. The highest BCUT2D eigenvalue weighted by Crippen LogP contribution is 2.34. The van der Waals surface area contributed by atoms with Crippen molar-refractivity contribution in [3.63, 3.8) is 0 Å². The van der Waals surface area contributed by atoms with Gasteiger partial charge in [-0.3, -0.25) is 4.79 Å². The highest BCUT2D eigenvalue weighted by atomic mass is 35.5. The van der Waals surface area contributed by atoms with Crippen LogP contribution in [0.15, 0.2) is 18.2 Å². The fraction of sp³-hybridized carbons (Fsp3) is 0.462. The number of carboxylic acids is 1. The first-order chi connectivity index (χ1) is 8.38. The number of thioether (sulfide) groups is 1. The molecule has 0 bridgehead atoms. The number of fused-ring (bicyclic) bond motifs is 1. The van der Waals surface area contributed by atoms with Crippen molar-refractivity contribution in [1.82, 2.24) is 0 Å².